The summed E-state index contributed by atoms with van der Waals surface area (Å²) in [6.07, 6.45) is 1.33. The molecule has 1 atom stereocenters. The van der Waals surface area contributed by atoms with Gasteiger partial charge in [-0.25, -0.2) is 0 Å². The van der Waals surface area contributed by atoms with Gasteiger partial charge < -0.3 is 5.32 Å². The molecule has 25 heavy (non-hydrogen) atoms. The van der Waals surface area contributed by atoms with Gasteiger partial charge in [0.15, 0.2) is 4.34 Å². The number of aromatic nitrogens is 2. The first-order valence-corrected chi connectivity index (χ1v) is 11.3. The van der Waals surface area contributed by atoms with Gasteiger partial charge in [-0.15, -0.1) is 10.2 Å². The molecule has 2 rings (SSSR count). The van der Waals surface area contributed by atoms with Crippen molar-refractivity contribution in [2.45, 2.75) is 31.0 Å². The van der Waals surface area contributed by atoms with E-state index in [1.807, 2.05) is 0 Å². The van der Waals surface area contributed by atoms with E-state index in [0.717, 1.165) is 10.1 Å². The summed E-state index contributed by atoms with van der Waals surface area (Å²) in [6.45, 7) is 4.90. The Hall–Kier alpha value is -0.750. The zero-order valence-corrected chi connectivity index (χ0v) is 17.4. The van der Waals surface area contributed by atoms with Crippen molar-refractivity contribution in [3.63, 3.8) is 0 Å². The third kappa shape index (κ3) is 5.61. The summed E-state index contributed by atoms with van der Waals surface area (Å²) in [5.74, 6) is 0.927. The Bertz CT molecular complexity index is 690. The average molecular weight is 408 g/mol. The van der Waals surface area contributed by atoms with E-state index in [-0.39, 0.29) is 18.4 Å². The summed E-state index contributed by atoms with van der Waals surface area (Å²) in [5.41, 5.74) is 0. The van der Waals surface area contributed by atoms with E-state index in [4.69, 9.17) is 0 Å². The Kier molecular flexibility index (Phi) is 7.20. The largest absolute Gasteiger partial charge is 0.300 e. The first-order chi connectivity index (χ1) is 11.7. The van der Waals surface area contributed by atoms with E-state index >= 15 is 0 Å². The van der Waals surface area contributed by atoms with Crippen molar-refractivity contribution in [3.8, 4) is 0 Å². The fourth-order valence-corrected chi connectivity index (χ4v) is 5.28. The number of carbonyl (C=O) groups excluding carboxylic acids is 1. The van der Waals surface area contributed by atoms with Crippen LogP contribution in [0.1, 0.15) is 26.7 Å². The predicted octanol–water partition coefficient (Wildman–Crippen LogP) is 1.74. The number of piperidine rings is 1. The van der Waals surface area contributed by atoms with Crippen molar-refractivity contribution in [1.82, 2.24) is 18.8 Å². The van der Waals surface area contributed by atoms with Gasteiger partial charge in [0.1, 0.15) is 0 Å². The molecule has 8 nitrogen and oxygen atoms in total. The molecule has 2 heterocycles. The highest BCUT2D eigenvalue weighted by Crippen LogP contribution is 2.28. The lowest BCUT2D eigenvalue weighted by molar-refractivity contribution is -0.120. The van der Waals surface area contributed by atoms with E-state index in [9.17, 15) is 13.2 Å². The smallest absolute Gasteiger partial charge is 0.281 e. The molecule has 1 fully saturated rings. The van der Waals surface area contributed by atoms with Crippen LogP contribution in [0.25, 0.3) is 0 Å². The van der Waals surface area contributed by atoms with Crippen LogP contribution in [-0.2, 0) is 15.0 Å². The monoisotopic (exact) mass is 407 g/mol. The summed E-state index contributed by atoms with van der Waals surface area (Å²) >= 11 is 2.97. The van der Waals surface area contributed by atoms with E-state index < -0.39 is 10.2 Å². The van der Waals surface area contributed by atoms with Crippen LogP contribution in [-0.4, -0.2) is 66.1 Å². The fourth-order valence-electron chi connectivity index (χ4n) is 2.36. The molecule has 0 radical (unpaired) electrons. The van der Waals surface area contributed by atoms with Gasteiger partial charge in [0.2, 0.25) is 11.0 Å². The second-order valence-corrected chi connectivity index (χ2v) is 10.9. The molecule has 11 heteroatoms. The van der Waals surface area contributed by atoms with Gasteiger partial charge in [-0.3, -0.25) is 4.79 Å². The zero-order valence-electron chi connectivity index (χ0n) is 14.9. The van der Waals surface area contributed by atoms with Crippen LogP contribution in [0.5, 0.6) is 0 Å². The summed E-state index contributed by atoms with van der Waals surface area (Å²) in [6, 6.07) is 0. The second-order valence-electron chi connectivity index (χ2n) is 6.55. The number of nitrogens with one attached hydrogen (secondary N) is 1. The number of anilines is 1. The number of hydrogen-bond donors (Lipinski definition) is 1. The number of amides is 1. The summed E-state index contributed by atoms with van der Waals surface area (Å²) < 4.78 is 27.8. The van der Waals surface area contributed by atoms with Gasteiger partial charge in [-0.05, 0) is 18.8 Å². The molecule has 1 aliphatic rings. The molecule has 142 valence electrons. The third-order valence-electron chi connectivity index (χ3n) is 3.72. The molecule has 0 bridgehead atoms. The van der Waals surface area contributed by atoms with Crippen molar-refractivity contribution in [2.75, 3.05) is 38.3 Å². The molecular weight excluding hydrogens is 382 g/mol. The molecule has 1 aromatic rings. The Morgan fingerprint density at radius 1 is 1.44 bits per heavy atom. The molecule has 1 amide bonds. The minimum atomic E-state index is -3.49. The lowest BCUT2D eigenvalue weighted by atomic mass is 9.99. The molecule has 1 aromatic heterocycles. The highest BCUT2D eigenvalue weighted by Gasteiger charge is 2.33. The molecule has 0 aromatic carbocycles. The van der Waals surface area contributed by atoms with Gasteiger partial charge in [-0.1, -0.05) is 36.9 Å². The number of hydrogen-bond acceptors (Lipinski definition) is 7. The molecule has 1 saturated heterocycles. The normalized spacial score (nSPS) is 19.5. The number of rotatable bonds is 7. The maximum absolute atomic E-state index is 12.5. The predicted molar refractivity (Wildman–Crippen MR) is 101 cm³/mol. The molecular formula is C14H25N5O3S3. The van der Waals surface area contributed by atoms with E-state index in [0.29, 0.717) is 30.4 Å². The van der Waals surface area contributed by atoms with Crippen LogP contribution in [0.2, 0.25) is 0 Å². The Morgan fingerprint density at radius 2 is 2.16 bits per heavy atom. The Balaban J connectivity index is 1.94. The van der Waals surface area contributed by atoms with Crippen LogP contribution in [0.4, 0.5) is 5.13 Å². The van der Waals surface area contributed by atoms with Crippen molar-refractivity contribution in [3.05, 3.63) is 0 Å². The van der Waals surface area contributed by atoms with Gasteiger partial charge in [0.05, 0.1) is 5.92 Å². The first-order valence-electron chi connectivity index (χ1n) is 8.15. The van der Waals surface area contributed by atoms with Gasteiger partial charge in [-0.2, -0.15) is 17.0 Å². The SMILES string of the molecule is CC(C)CSc1nnc(NC(=O)[C@@H]2CCCN(S(=O)(=O)N(C)C)C2)s1. The maximum Gasteiger partial charge on any atom is 0.281 e. The summed E-state index contributed by atoms with van der Waals surface area (Å²) in [7, 11) is -0.499. The Morgan fingerprint density at radius 3 is 2.80 bits per heavy atom. The van der Waals surface area contributed by atoms with Crippen molar-refractivity contribution >= 4 is 44.3 Å². The van der Waals surface area contributed by atoms with Gasteiger partial charge in [0.25, 0.3) is 10.2 Å². The topological polar surface area (TPSA) is 95.5 Å². The van der Waals surface area contributed by atoms with Crippen LogP contribution in [0.15, 0.2) is 4.34 Å². The second kappa shape index (κ2) is 8.76. The van der Waals surface area contributed by atoms with E-state index in [2.05, 4.69) is 29.4 Å². The highest BCUT2D eigenvalue weighted by molar-refractivity contribution is 8.01. The van der Waals surface area contributed by atoms with Crippen LogP contribution >= 0.6 is 23.1 Å². The zero-order chi connectivity index (χ0) is 18.6. The van der Waals surface area contributed by atoms with Crippen LogP contribution in [0.3, 0.4) is 0 Å². The highest BCUT2D eigenvalue weighted by atomic mass is 32.2. The van der Waals surface area contributed by atoms with Gasteiger partial charge in [0, 0.05) is 32.9 Å². The molecule has 0 aliphatic carbocycles. The van der Waals surface area contributed by atoms with Crippen molar-refractivity contribution in [2.24, 2.45) is 11.8 Å². The quantitative estimate of drug-likeness (QED) is 0.546. The average Bonchev–Trinajstić information content (AvgIpc) is 3.00. The van der Waals surface area contributed by atoms with E-state index in [1.54, 1.807) is 11.8 Å². The molecule has 0 spiro atoms. The summed E-state index contributed by atoms with van der Waals surface area (Å²) in [4.78, 5) is 12.5. The maximum atomic E-state index is 12.5. The number of carbonyl (C=O) groups is 1. The minimum absolute atomic E-state index is 0.195. The fraction of sp³-hybridized carbons (Fsp3) is 0.786. The molecule has 1 aliphatic heterocycles. The number of thioether (sulfide) groups is 1. The molecule has 0 unspecified atom stereocenters. The number of nitrogens with zero attached hydrogens (tertiary/aromatic N) is 4. The first kappa shape index (κ1) is 20.6. The lowest BCUT2D eigenvalue weighted by Gasteiger charge is -2.32. The van der Waals surface area contributed by atoms with E-state index in [1.165, 1.54) is 34.0 Å². The lowest BCUT2D eigenvalue weighted by Crippen LogP contribution is -2.47. The molecule has 0 saturated carbocycles. The molecule has 1 N–H and O–H groups in total. The third-order valence-corrected chi connectivity index (χ3v) is 8.03. The summed E-state index contributed by atoms with van der Waals surface area (Å²) in [5, 5.41) is 11.3. The Labute approximate surface area is 157 Å². The van der Waals surface area contributed by atoms with Gasteiger partial charge >= 0.3 is 0 Å². The van der Waals surface area contributed by atoms with Crippen LogP contribution in [0, 0.1) is 11.8 Å². The standard InChI is InChI=1S/C14H25N5O3S3/c1-10(2)9-23-14-17-16-13(24-14)15-12(20)11-6-5-7-19(8-11)25(21,22)18(3)4/h10-11H,5-9H2,1-4H3,(H,15,16,20)/t11-/m1/s1. The minimum Gasteiger partial charge on any atom is -0.300 e. The van der Waals surface area contributed by atoms with Crippen molar-refractivity contribution < 1.29 is 13.2 Å². The van der Waals surface area contributed by atoms with Crippen LogP contribution < -0.4 is 5.32 Å². The van der Waals surface area contributed by atoms with Crippen molar-refractivity contribution in [1.29, 1.82) is 0 Å².